The molecule has 0 spiro atoms. The molecule has 0 fully saturated rings. The van der Waals surface area contributed by atoms with E-state index in [0.29, 0.717) is 5.69 Å². The van der Waals surface area contributed by atoms with Gasteiger partial charge in [-0.25, -0.2) is 4.79 Å². The van der Waals surface area contributed by atoms with Crippen molar-refractivity contribution < 1.29 is 4.79 Å². The van der Waals surface area contributed by atoms with Gasteiger partial charge in [0.05, 0.1) is 18.1 Å². The molecular formula is C10H8N4O. The first-order valence-corrected chi connectivity index (χ1v) is 4.15. The number of aromatic nitrogens is 3. The number of hydrogen-bond donors (Lipinski definition) is 0. The van der Waals surface area contributed by atoms with E-state index in [1.807, 2.05) is 18.2 Å². The Morgan fingerprint density at radius 1 is 1.00 bits per heavy atom. The Kier molecular flexibility index (Phi) is 5.03. The van der Waals surface area contributed by atoms with E-state index in [9.17, 15) is 4.79 Å². The largest absolute Gasteiger partial charge is 0.240 e. The number of isocyanates is 1. The van der Waals surface area contributed by atoms with Crippen molar-refractivity contribution in [3.05, 3.63) is 48.8 Å². The molecule has 0 aliphatic rings. The number of hydrogen-bond acceptors (Lipinski definition) is 5. The summed E-state index contributed by atoms with van der Waals surface area (Å²) in [6.45, 7) is 0. The zero-order valence-electron chi connectivity index (χ0n) is 7.82. The molecule has 1 heterocycles. The maximum atomic E-state index is 9.68. The molecule has 15 heavy (non-hydrogen) atoms. The Labute approximate surface area is 86.5 Å². The molecule has 5 heteroatoms. The summed E-state index contributed by atoms with van der Waals surface area (Å²) in [4.78, 5) is 13.1. The molecule has 0 amide bonds. The second-order valence-electron chi connectivity index (χ2n) is 2.35. The highest BCUT2D eigenvalue weighted by Crippen LogP contribution is 2.06. The van der Waals surface area contributed by atoms with E-state index in [0.717, 1.165) is 0 Å². The van der Waals surface area contributed by atoms with E-state index in [4.69, 9.17) is 0 Å². The summed E-state index contributed by atoms with van der Waals surface area (Å²) >= 11 is 0. The molecule has 0 aliphatic carbocycles. The van der Waals surface area contributed by atoms with Crippen LogP contribution in [0, 0.1) is 0 Å². The average Bonchev–Trinajstić information content (AvgIpc) is 2.34. The molecule has 5 nitrogen and oxygen atoms in total. The lowest BCUT2D eigenvalue weighted by Crippen LogP contribution is -1.78. The Hall–Kier alpha value is -2.39. The fourth-order valence-electron chi connectivity index (χ4n) is 0.760. The number of benzene rings is 1. The molecule has 0 radical (unpaired) electrons. The number of carbonyl (C=O) groups excluding carboxylic acids is 1. The van der Waals surface area contributed by atoms with Gasteiger partial charge in [0.25, 0.3) is 0 Å². The van der Waals surface area contributed by atoms with Crippen molar-refractivity contribution in [1.29, 1.82) is 0 Å². The fraction of sp³-hybridized carbons (Fsp3) is 0. The van der Waals surface area contributed by atoms with Crippen LogP contribution in [0.2, 0.25) is 0 Å². The summed E-state index contributed by atoms with van der Waals surface area (Å²) < 4.78 is 0. The Bertz CT molecular complexity index is 385. The zero-order chi connectivity index (χ0) is 10.8. The van der Waals surface area contributed by atoms with Crippen molar-refractivity contribution in [1.82, 2.24) is 15.4 Å². The van der Waals surface area contributed by atoms with Crippen molar-refractivity contribution in [3.63, 3.8) is 0 Å². The van der Waals surface area contributed by atoms with Gasteiger partial charge in [-0.1, -0.05) is 18.2 Å². The molecule has 0 saturated heterocycles. The molecule has 2 rings (SSSR count). The van der Waals surface area contributed by atoms with E-state index in [-0.39, 0.29) is 0 Å². The van der Waals surface area contributed by atoms with Gasteiger partial charge in [-0.2, -0.15) is 4.99 Å². The van der Waals surface area contributed by atoms with Crippen molar-refractivity contribution in [2.24, 2.45) is 4.99 Å². The SMILES string of the molecule is O=C=Nc1ccccc1.c1cnnnc1. The molecule has 0 aliphatic heterocycles. The van der Waals surface area contributed by atoms with Crippen molar-refractivity contribution in [2.45, 2.75) is 0 Å². The van der Waals surface area contributed by atoms with E-state index in [1.165, 1.54) is 6.08 Å². The third kappa shape index (κ3) is 5.02. The van der Waals surface area contributed by atoms with Gasteiger partial charge in [-0.05, 0) is 23.4 Å². The van der Waals surface area contributed by atoms with Crippen LogP contribution in [0.15, 0.2) is 53.8 Å². The van der Waals surface area contributed by atoms with Gasteiger partial charge in [0.2, 0.25) is 6.08 Å². The number of aliphatic imine (C=N–C) groups is 1. The van der Waals surface area contributed by atoms with Gasteiger partial charge in [0.1, 0.15) is 0 Å². The minimum atomic E-state index is 0.646. The third-order valence-corrected chi connectivity index (χ3v) is 1.34. The molecule has 1 aromatic carbocycles. The van der Waals surface area contributed by atoms with Crippen LogP contribution in [0.3, 0.4) is 0 Å². The molecule has 74 valence electrons. The Morgan fingerprint density at radius 2 is 1.67 bits per heavy atom. The van der Waals surface area contributed by atoms with E-state index < -0.39 is 0 Å². The monoisotopic (exact) mass is 200 g/mol. The molecule has 2 aromatic rings. The number of para-hydroxylation sites is 1. The summed E-state index contributed by atoms with van der Waals surface area (Å²) in [6, 6.07) is 10.7. The maximum absolute atomic E-state index is 9.68. The van der Waals surface area contributed by atoms with Crippen molar-refractivity contribution in [2.75, 3.05) is 0 Å². The van der Waals surface area contributed by atoms with Gasteiger partial charge in [-0.3, -0.25) is 0 Å². The first-order valence-electron chi connectivity index (χ1n) is 4.15. The predicted molar refractivity (Wildman–Crippen MR) is 54.1 cm³/mol. The summed E-state index contributed by atoms with van der Waals surface area (Å²) in [6.07, 6.45) is 4.61. The lowest BCUT2D eigenvalue weighted by Gasteiger charge is -1.83. The maximum Gasteiger partial charge on any atom is 0.240 e. The zero-order valence-corrected chi connectivity index (χ0v) is 7.82. The van der Waals surface area contributed by atoms with Crippen LogP contribution in [0.5, 0.6) is 0 Å². The van der Waals surface area contributed by atoms with Crippen molar-refractivity contribution in [3.8, 4) is 0 Å². The molecule has 0 N–H and O–H groups in total. The van der Waals surface area contributed by atoms with Crippen LogP contribution >= 0.6 is 0 Å². The Morgan fingerprint density at radius 3 is 2.07 bits per heavy atom. The predicted octanol–water partition coefficient (Wildman–Crippen LogP) is 1.53. The second kappa shape index (κ2) is 7.06. The van der Waals surface area contributed by atoms with E-state index in [2.05, 4.69) is 20.4 Å². The van der Waals surface area contributed by atoms with Gasteiger partial charge >= 0.3 is 0 Å². The minimum Gasteiger partial charge on any atom is -0.211 e. The summed E-state index contributed by atoms with van der Waals surface area (Å²) in [5.74, 6) is 0. The Balaban J connectivity index is 0.000000162. The summed E-state index contributed by atoms with van der Waals surface area (Å²) in [5, 5.41) is 10.1. The molecule has 0 bridgehead atoms. The average molecular weight is 200 g/mol. The minimum absolute atomic E-state index is 0.646. The van der Waals surface area contributed by atoms with Gasteiger partial charge in [-0.15, -0.1) is 10.2 Å². The fourth-order valence-corrected chi connectivity index (χ4v) is 0.760. The first kappa shape index (κ1) is 10.7. The van der Waals surface area contributed by atoms with Crippen LogP contribution in [-0.2, 0) is 4.79 Å². The topological polar surface area (TPSA) is 68.1 Å². The van der Waals surface area contributed by atoms with Crippen LogP contribution in [0.4, 0.5) is 5.69 Å². The van der Waals surface area contributed by atoms with Gasteiger partial charge in [0.15, 0.2) is 0 Å². The quantitative estimate of drug-likeness (QED) is 0.517. The first-order chi connectivity index (χ1) is 7.43. The molecule has 0 saturated carbocycles. The lowest BCUT2D eigenvalue weighted by molar-refractivity contribution is 0.565. The lowest BCUT2D eigenvalue weighted by atomic mass is 10.3. The number of rotatable bonds is 1. The van der Waals surface area contributed by atoms with Crippen LogP contribution in [0.25, 0.3) is 0 Å². The molecule has 1 aromatic heterocycles. The standard InChI is InChI=1S/C7H5NO.C3H3N3/c9-6-8-7-4-2-1-3-5-7;1-2-4-6-5-3-1/h1-5H;1-3H. The van der Waals surface area contributed by atoms with Crippen LogP contribution < -0.4 is 0 Å². The van der Waals surface area contributed by atoms with Crippen LogP contribution in [0.1, 0.15) is 0 Å². The van der Waals surface area contributed by atoms with E-state index >= 15 is 0 Å². The molecule has 0 unspecified atom stereocenters. The highest BCUT2D eigenvalue weighted by atomic mass is 16.1. The molecule has 0 atom stereocenters. The van der Waals surface area contributed by atoms with Crippen molar-refractivity contribution >= 4 is 11.8 Å². The highest BCUT2D eigenvalue weighted by Gasteiger charge is 1.79. The normalized spacial score (nSPS) is 8.00. The van der Waals surface area contributed by atoms with Gasteiger partial charge in [0, 0.05) is 0 Å². The third-order valence-electron chi connectivity index (χ3n) is 1.34. The second-order valence-corrected chi connectivity index (χ2v) is 2.35. The number of nitrogens with zero attached hydrogens (tertiary/aromatic N) is 4. The summed E-state index contributed by atoms with van der Waals surface area (Å²) in [5.41, 5.74) is 0.646. The smallest absolute Gasteiger partial charge is 0.211 e. The van der Waals surface area contributed by atoms with Crippen LogP contribution in [-0.4, -0.2) is 21.5 Å². The van der Waals surface area contributed by atoms with E-state index in [1.54, 1.807) is 30.6 Å². The highest BCUT2D eigenvalue weighted by molar-refractivity contribution is 5.47. The summed E-state index contributed by atoms with van der Waals surface area (Å²) in [7, 11) is 0. The van der Waals surface area contributed by atoms with Gasteiger partial charge < -0.3 is 0 Å². The molecular weight excluding hydrogens is 192 g/mol.